The number of carbonyl (C=O) groups excluding carboxylic acids is 2. The van der Waals surface area contributed by atoms with Gasteiger partial charge >= 0.3 is 11.8 Å². The van der Waals surface area contributed by atoms with Crippen LogP contribution in [-0.4, -0.2) is 66.9 Å². The highest BCUT2D eigenvalue weighted by atomic mass is 35.5. The van der Waals surface area contributed by atoms with E-state index in [-0.39, 0.29) is 6.04 Å². The smallest absolute Gasteiger partial charge is 0.309 e. The van der Waals surface area contributed by atoms with Crippen LogP contribution < -0.4 is 10.6 Å². The van der Waals surface area contributed by atoms with Crippen LogP contribution in [0.3, 0.4) is 0 Å². The van der Waals surface area contributed by atoms with Crippen molar-refractivity contribution >= 4 is 35.0 Å². The van der Waals surface area contributed by atoms with Gasteiger partial charge in [0.25, 0.3) is 0 Å². The number of benzene rings is 1. The Labute approximate surface area is 164 Å². The van der Waals surface area contributed by atoms with E-state index in [0.29, 0.717) is 16.6 Å². The summed E-state index contributed by atoms with van der Waals surface area (Å²) in [5.41, 5.74) is 1.15. The summed E-state index contributed by atoms with van der Waals surface area (Å²) >= 11 is 12.0. The zero-order valence-electron chi connectivity index (χ0n) is 15.2. The van der Waals surface area contributed by atoms with Gasteiger partial charge in [0.1, 0.15) is 0 Å². The summed E-state index contributed by atoms with van der Waals surface area (Å²) in [4.78, 5) is 27.8. The lowest BCUT2D eigenvalue weighted by atomic mass is 10.2. The van der Waals surface area contributed by atoms with E-state index in [1.165, 1.54) is 0 Å². The Morgan fingerprint density at radius 3 is 2.31 bits per heavy atom. The molecule has 0 aromatic heterocycles. The first-order valence-corrected chi connectivity index (χ1v) is 9.58. The van der Waals surface area contributed by atoms with Crippen molar-refractivity contribution in [3.63, 3.8) is 0 Å². The molecule has 2 rings (SSSR count). The topological polar surface area (TPSA) is 64.7 Å². The molecule has 0 spiro atoms. The molecule has 0 radical (unpaired) electrons. The molecule has 1 aromatic rings. The second kappa shape index (κ2) is 10.1. The summed E-state index contributed by atoms with van der Waals surface area (Å²) < 4.78 is 0. The minimum Gasteiger partial charge on any atom is -0.347 e. The van der Waals surface area contributed by atoms with E-state index in [0.717, 1.165) is 44.8 Å². The lowest BCUT2D eigenvalue weighted by molar-refractivity contribution is -0.139. The molecular formula is C18H26Cl2N4O2. The molecule has 0 unspecified atom stereocenters. The van der Waals surface area contributed by atoms with Crippen LogP contribution in [0.5, 0.6) is 0 Å². The minimum absolute atomic E-state index is 0.0446. The number of rotatable bonds is 6. The zero-order valence-corrected chi connectivity index (χ0v) is 16.7. The SMILES string of the molecule is CC(C)NC(=O)C(=O)NCCN1CCN(Cc2ccc(Cl)c(Cl)c2)CC1. The molecule has 0 saturated carbocycles. The molecule has 1 saturated heterocycles. The number of amides is 2. The van der Waals surface area contributed by atoms with Crippen molar-refractivity contribution in [2.45, 2.75) is 26.4 Å². The molecule has 1 aliphatic heterocycles. The molecule has 0 atom stereocenters. The minimum atomic E-state index is -0.577. The third-order valence-electron chi connectivity index (χ3n) is 4.19. The van der Waals surface area contributed by atoms with Gasteiger partial charge in [0.05, 0.1) is 10.0 Å². The fourth-order valence-electron chi connectivity index (χ4n) is 2.80. The Morgan fingerprint density at radius 2 is 1.69 bits per heavy atom. The summed E-state index contributed by atoms with van der Waals surface area (Å²) in [5.74, 6) is -1.15. The maximum atomic E-state index is 11.7. The molecule has 6 nitrogen and oxygen atoms in total. The molecule has 1 aromatic carbocycles. The number of hydrogen-bond acceptors (Lipinski definition) is 4. The van der Waals surface area contributed by atoms with Crippen molar-refractivity contribution in [2.75, 3.05) is 39.3 Å². The molecular weight excluding hydrogens is 375 g/mol. The van der Waals surface area contributed by atoms with E-state index in [1.54, 1.807) is 0 Å². The number of carbonyl (C=O) groups is 2. The van der Waals surface area contributed by atoms with E-state index in [2.05, 4.69) is 20.4 Å². The highest BCUT2D eigenvalue weighted by molar-refractivity contribution is 6.42. The molecule has 1 aliphatic rings. The van der Waals surface area contributed by atoms with Crippen LogP contribution in [0.25, 0.3) is 0 Å². The molecule has 1 heterocycles. The predicted molar refractivity (Wildman–Crippen MR) is 104 cm³/mol. The van der Waals surface area contributed by atoms with Gasteiger partial charge in [0, 0.05) is 51.9 Å². The third-order valence-corrected chi connectivity index (χ3v) is 4.93. The van der Waals surface area contributed by atoms with E-state index in [1.807, 2.05) is 32.0 Å². The molecule has 8 heteroatoms. The zero-order chi connectivity index (χ0) is 19.1. The lowest BCUT2D eigenvalue weighted by Crippen LogP contribution is -2.49. The molecule has 0 aliphatic carbocycles. The molecule has 26 heavy (non-hydrogen) atoms. The quantitative estimate of drug-likeness (QED) is 0.713. The molecule has 1 fully saturated rings. The summed E-state index contributed by atoms with van der Waals surface area (Å²) in [6, 6.07) is 5.69. The second-order valence-electron chi connectivity index (χ2n) is 6.75. The molecule has 144 valence electrons. The molecule has 0 bridgehead atoms. The van der Waals surface area contributed by atoms with Crippen molar-refractivity contribution in [3.8, 4) is 0 Å². The van der Waals surface area contributed by atoms with Gasteiger partial charge in [-0.05, 0) is 31.5 Å². The summed E-state index contributed by atoms with van der Waals surface area (Å²) in [6.45, 7) is 9.44. The van der Waals surface area contributed by atoms with Crippen molar-refractivity contribution in [1.82, 2.24) is 20.4 Å². The molecule has 2 N–H and O–H groups in total. The maximum absolute atomic E-state index is 11.7. The highest BCUT2D eigenvalue weighted by Crippen LogP contribution is 2.23. The van der Waals surface area contributed by atoms with E-state index in [9.17, 15) is 9.59 Å². The van der Waals surface area contributed by atoms with E-state index < -0.39 is 11.8 Å². The van der Waals surface area contributed by atoms with Gasteiger partial charge in [-0.1, -0.05) is 29.3 Å². The predicted octanol–water partition coefficient (Wildman–Crippen LogP) is 1.75. The largest absolute Gasteiger partial charge is 0.347 e. The van der Waals surface area contributed by atoms with Gasteiger partial charge in [-0.2, -0.15) is 0 Å². The Hall–Kier alpha value is -1.34. The van der Waals surface area contributed by atoms with Crippen LogP contribution in [-0.2, 0) is 16.1 Å². The Morgan fingerprint density at radius 1 is 1.04 bits per heavy atom. The van der Waals surface area contributed by atoms with Gasteiger partial charge < -0.3 is 10.6 Å². The average molecular weight is 401 g/mol. The first-order chi connectivity index (χ1) is 12.3. The van der Waals surface area contributed by atoms with Crippen LogP contribution in [0.4, 0.5) is 0 Å². The Bertz CT molecular complexity index is 632. The van der Waals surface area contributed by atoms with E-state index >= 15 is 0 Å². The summed E-state index contributed by atoms with van der Waals surface area (Å²) in [6.07, 6.45) is 0. The fraction of sp³-hybridized carbons (Fsp3) is 0.556. The average Bonchev–Trinajstić information content (AvgIpc) is 2.59. The highest BCUT2D eigenvalue weighted by Gasteiger charge is 2.18. The number of piperazine rings is 1. The summed E-state index contributed by atoms with van der Waals surface area (Å²) in [5, 5.41) is 6.40. The standard InChI is InChI=1S/C18H26Cl2N4O2/c1-13(2)22-18(26)17(25)21-5-6-23-7-9-24(10-8-23)12-14-3-4-15(19)16(20)11-14/h3-4,11,13H,5-10,12H2,1-2H3,(H,21,25)(H,22,26). The Kier molecular flexibility index (Phi) is 8.15. The normalized spacial score (nSPS) is 15.9. The third kappa shape index (κ3) is 6.76. The van der Waals surface area contributed by atoms with Crippen LogP contribution in [0, 0.1) is 0 Å². The number of hydrogen-bond donors (Lipinski definition) is 2. The van der Waals surface area contributed by atoms with Gasteiger partial charge in [-0.3, -0.25) is 19.4 Å². The maximum Gasteiger partial charge on any atom is 0.309 e. The van der Waals surface area contributed by atoms with E-state index in [4.69, 9.17) is 23.2 Å². The first-order valence-electron chi connectivity index (χ1n) is 8.82. The first kappa shape index (κ1) is 21.0. The van der Waals surface area contributed by atoms with Crippen molar-refractivity contribution in [3.05, 3.63) is 33.8 Å². The number of nitrogens with zero attached hydrogens (tertiary/aromatic N) is 2. The number of halogens is 2. The lowest BCUT2D eigenvalue weighted by Gasteiger charge is -2.34. The fourth-order valence-corrected chi connectivity index (χ4v) is 3.12. The number of nitrogens with one attached hydrogen (secondary N) is 2. The van der Waals surface area contributed by atoms with Crippen molar-refractivity contribution in [2.24, 2.45) is 0 Å². The monoisotopic (exact) mass is 400 g/mol. The van der Waals surface area contributed by atoms with Gasteiger partial charge in [-0.15, -0.1) is 0 Å². The van der Waals surface area contributed by atoms with Gasteiger partial charge in [0.15, 0.2) is 0 Å². The van der Waals surface area contributed by atoms with Crippen LogP contribution in [0.2, 0.25) is 10.0 Å². The second-order valence-corrected chi connectivity index (χ2v) is 7.56. The summed E-state index contributed by atoms with van der Waals surface area (Å²) in [7, 11) is 0. The van der Waals surface area contributed by atoms with Gasteiger partial charge in [-0.25, -0.2) is 0 Å². The Balaban J connectivity index is 1.66. The van der Waals surface area contributed by atoms with Crippen LogP contribution >= 0.6 is 23.2 Å². The van der Waals surface area contributed by atoms with Crippen molar-refractivity contribution in [1.29, 1.82) is 0 Å². The van der Waals surface area contributed by atoms with Gasteiger partial charge in [0.2, 0.25) is 0 Å². The molecule has 2 amide bonds. The van der Waals surface area contributed by atoms with Crippen LogP contribution in [0.15, 0.2) is 18.2 Å². The van der Waals surface area contributed by atoms with Crippen molar-refractivity contribution < 1.29 is 9.59 Å². The van der Waals surface area contributed by atoms with Crippen LogP contribution in [0.1, 0.15) is 19.4 Å².